The maximum Gasteiger partial charge on any atom is 0.247 e. The lowest BCUT2D eigenvalue weighted by molar-refractivity contribution is -0.118. The standard InChI is InChI=1S/C11H20N2O2/c1-7(4-8(2)14)13-11(15)9(3)10-5-12-6-10/h7-8,12,14H,4-6H2,1-3H3,(H,13,15). The van der Waals surface area contributed by atoms with Gasteiger partial charge in [-0.3, -0.25) is 4.79 Å². The minimum Gasteiger partial charge on any atom is -0.393 e. The van der Waals surface area contributed by atoms with Crippen LogP contribution in [-0.2, 0) is 4.79 Å². The monoisotopic (exact) mass is 212 g/mol. The Morgan fingerprint density at radius 3 is 2.53 bits per heavy atom. The molecule has 0 spiro atoms. The number of carbonyl (C=O) groups excluding carboxylic acids is 1. The number of amides is 1. The fourth-order valence-electron chi connectivity index (χ4n) is 1.58. The van der Waals surface area contributed by atoms with Crippen molar-refractivity contribution in [2.24, 2.45) is 0 Å². The SMILES string of the molecule is CC(C(=O)NC(C)CC(C)O)=C1CNC1. The number of aliphatic hydroxyl groups is 1. The van der Waals surface area contributed by atoms with Crippen LogP contribution in [0.2, 0.25) is 0 Å². The van der Waals surface area contributed by atoms with E-state index in [0.717, 1.165) is 18.7 Å². The first-order valence-electron chi connectivity index (χ1n) is 5.39. The van der Waals surface area contributed by atoms with Crippen molar-refractivity contribution in [2.45, 2.75) is 39.3 Å². The predicted molar refractivity (Wildman–Crippen MR) is 59.5 cm³/mol. The van der Waals surface area contributed by atoms with Crippen molar-refractivity contribution in [1.82, 2.24) is 10.6 Å². The maximum atomic E-state index is 11.7. The molecule has 2 unspecified atom stereocenters. The van der Waals surface area contributed by atoms with Crippen molar-refractivity contribution < 1.29 is 9.90 Å². The normalized spacial score (nSPS) is 19.1. The molecule has 0 radical (unpaired) electrons. The third kappa shape index (κ3) is 3.64. The van der Waals surface area contributed by atoms with E-state index in [9.17, 15) is 4.79 Å². The Hall–Kier alpha value is -0.870. The highest BCUT2D eigenvalue weighted by Crippen LogP contribution is 2.09. The van der Waals surface area contributed by atoms with Gasteiger partial charge in [0.2, 0.25) is 5.91 Å². The summed E-state index contributed by atoms with van der Waals surface area (Å²) in [4.78, 5) is 11.7. The Balaban J connectivity index is 2.41. The summed E-state index contributed by atoms with van der Waals surface area (Å²) in [6, 6.07) is 0.0149. The van der Waals surface area contributed by atoms with Crippen molar-refractivity contribution in [2.75, 3.05) is 13.1 Å². The third-order valence-corrected chi connectivity index (χ3v) is 2.62. The van der Waals surface area contributed by atoms with Gasteiger partial charge in [-0.25, -0.2) is 0 Å². The zero-order valence-electron chi connectivity index (χ0n) is 9.63. The number of nitrogens with one attached hydrogen (secondary N) is 2. The van der Waals surface area contributed by atoms with Gasteiger partial charge in [-0.2, -0.15) is 0 Å². The van der Waals surface area contributed by atoms with E-state index in [1.54, 1.807) is 6.92 Å². The average Bonchev–Trinajstić information content (AvgIpc) is 1.98. The highest BCUT2D eigenvalue weighted by atomic mass is 16.3. The first kappa shape index (κ1) is 12.2. The highest BCUT2D eigenvalue weighted by Gasteiger charge is 2.17. The summed E-state index contributed by atoms with van der Waals surface area (Å²) in [6.07, 6.45) is 0.214. The number of carbonyl (C=O) groups is 1. The molecule has 1 amide bonds. The van der Waals surface area contributed by atoms with Crippen LogP contribution < -0.4 is 10.6 Å². The van der Waals surface area contributed by atoms with Crippen LogP contribution in [0.25, 0.3) is 0 Å². The molecule has 86 valence electrons. The van der Waals surface area contributed by atoms with Crippen LogP contribution in [0.1, 0.15) is 27.2 Å². The average molecular weight is 212 g/mol. The summed E-state index contributed by atoms with van der Waals surface area (Å²) >= 11 is 0. The second-order valence-electron chi connectivity index (χ2n) is 4.29. The Kier molecular flexibility index (Phi) is 4.29. The molecule has 1 saturated heterocycles. The van der Waals surface area contributed by atoms with Crippen molar-refractivity contribution in [1.29, 1.82) is 0 Å². The molecule has 4 heteroatoms. The van der Waals surface area contributed by atoms with Crippen LogP contribution in [0.4, 0.5) is 0 Å². The molecule has 1 aliphatic rings. The second-order valence-corrected chi connectivity index (χ2v) is 4.29. The van der Waals surface area contributed by atoms with E-state index in [-0.39, 0.29) is 18.1 Å². The van der Waals surface area contributed by atoms with E-state index >= 15 is 0 Å². The molecular weight excluding hydrogens is 192 g/mol. The van der Waals surface area contributed by atoms with E-state index in [4.69, 9.17) is 5.11 Å². The van der Waals surface area contributed by atoms with Gasteiger partial charge in [0.25, 0.3) is 0 Å². The number of hydrogen-bond acceptors (Lipinski definition) is 3. The van der Waals surface area contributed by atoms with E-state index < -0.39 is 0 Å². The lowest BCUT2D eigenvalue weighted by Gasteiger charge is -2.23. The Bertz CT molecular complexity index is 266. The van der Waals surface area contributed by atoms with Gasteiger partial charge in [-0.1, -0.05) is 0 Å². The summed E-state index contributed by atoms with van der Waals surface area (Å²) in [7, 11) is 0. The van der Waals surface area contributed by atoms with Gasteiger partial charge in [0, 0.05) is 24.7 Å². The largest absolute Gasteiger partial charge is 0.393 e. The van der Waals surface area contributed by atoms with Crippen LogP contribution in [0.5, 0.6) is 0 Å². The molecule has 0 saturated carbocycles. The molecule has 4 nitrogen and oxygen atoms in total. The molecule has 0 aliphatic carbocycles. The topological polar surface area (TPSA) is 61.4 Å². The molecule has 1 heterocycles. The Morgan fingerprint density at radius 1 is 1.53 bits per heavy atom. The van der Waals surface area contributed by atoms with Gasteiger partial charge >= 0.3 is 0 Å². The van der Waals surface area contributed by atoms with Crippen LogP contribution in [0, 0.1) is 0 Å². The summed E-state index contributed by atoms with van der Waals surface area (Å²) in [5, 5.41) is 15.1. The van der Waals surface area contributed by atoms with Gasteiger partial charge in [-0.05, 0) is 32.8 Å². The van der Waals surface area contributed by atoms with Gasteiger partial charge < -0.3 is 15.7 Å². The van der Waals surface area contributed by atoms with Gasteiger partial charge in [-0.15, -0.1) is 0 Å². The molecule has 0 aromatic heterocycles. The van der Waals surface area contributed by atoms with Crippen molar-refractivity contribution in [3.05, 3.63) is 11.1 Å². The second kappa shape index (κ2) is 5.28. The van der Waals surface area contributed by atoms with Crippen LogP contribution >= 0.6 is 0 Å². The smallest absolute Gasteiger partial charge is 0.247 e. The lowest BCUT2D eigenvalue weighted by Crippen LogP contribution is -2.40. The molecule has 1 fully saturated rings. The summed E-state index contributed by atoms with van der Waals surface area (Å²) in [5.74, 6) is -0.0142. The molecule has 3 N–H and O–H groups in total. The minimum atomic E-state index is -0.376. The van der Waals surface area contributed by atoms with Gasteiger partial charge in [0.1, 0.15) is 0 Å². The first-order chi connectivity index (χ1) is 7.00. The number of aliphatic hydroxyl groups excluding tert-OH is 1. The fourth-order valence-corrected chi connectivity index (χ4v) is 1.58. The highest BCUT2D eigenvalue weighted by molar-refractivity contribution is 5.94. The Morgan fingerprint density at radius 2 is 2.13 bits per heavy atom. The molecule has 1 rings (SSSR count). The molecule has 0 aromatic rings. The van der Waals surface area contributed by atoms with E-state index in [0.29, 0.717) is 6.42 Å². The van der Waals surface area contributed by atoms with Crippen LogP contribution in [-0.4, -0.2) is 36.2 Å². The quantitative estimate of drug-likeness (QED) is 0.583. The fraction of sp³-hybridized carbons (Fsp3) is 0.727. The summed E-state index contributed by atoms with van der Waals surface area (Å²) in [6.45, 7) is 7.13. The Labute approximate surface area is 90.7 Å². The number of hydrogen-bond donors (Lipinski definition) is 3. The molecule has 15 heavy (non-hydrogen) atoms. The summed E-state index contributed by atoms with van der Waals surface area (Å²) in [5.41, 5.74) is 1.99. The first-order valence-corrected chi connectivity index (χ1v) is 5.39. The van der Waals surface area contributed by atoms with E-state index in [2.05, 4.69) is 10.6 Å². The van der Waals surface area contributed by atoms with Gasteiger partial charge in [0.15, 0.2) is 0 Å². The maximum absolute atomic E-state index is 11.7. The molecule has 2 atom stereocenters. The lowest BCUT2D eigenvalue weighted by atomic mass is 10.0. The van der Waals surface area contributed by atoms with Gasteiger partial charge in [0.05, 0.1) is 6.10 Å². The predicted octanol–water partition coefficient (Wildman–Crippen LogP) is 0.182. The van der Waals surface area contributed by atoms with Crippen molar-refractivity contribution in [3.63, 3.8) is 0 Å². The zero-order valence-corrected chi connectivity index (χ0v) is 9.63. The molecular formula is C11H20N2O2. The number of rotatable bonds is 4. The van der Waals surface area contributed by atoms with E-state index in [1.165, 1.54) is 5.57 Å². The van der Waals surface area contributed by atoms with Crippen molar-refractivity contribution >= 4 is 5.91 Å². The van der Waals surface area contributed by atoms with Crippen LogP contribution in [0.15, 0.2) is 11.1 Å². The summed E-state index contributed by atoms with van der Waals surface area (Å²) < 4.78 is 0. The molecule has 1 aliphatic heterocycles. The minimum absolute atomic E-state index is 0.0142. The van der Waals surface area contributed by atoms with Crippen molar-refractivity contribution in [3.8, 4) is 0 Å². The molecule has 0 aromatic carbocycles. The van der Waals surface area contributed by atoms with E-state index in [1.807, 2.05) is 13.8 Å². The third-order valence-electron chi connectivity index (χ3n) is 2.62. The van der Waals surface area contributed by atoms with Crippen LogP contribution in [0.3, 0.4) is 0 Å². The zero-order chi connectivity index (χ0) is 11.4. The molecule has 0 bridgehead atoms.